The number of nitrogens with zero attached hydrogens (tertiary/aromatic N) is 4. The van der Waals surface area contributed by atoms with Crippen LogP contribution in [0.25, 0.3) is 16.2 Å². The van der Waals surface area contributed by atoms with Gasteiger partial charge in [-0.2, -0.15) is 15.6 Å². The molecule has 0 unspecified atom stereocenters. The van der Waals surface area contributed by atoms with Gasteiger partial charge in [-0.15, -0.1) is 0 Å². The largest absolute Gasteiger partial charge is 1.00 e. The number of fused-ring (bicyclic) bond motifs is 1. The molecule has 0 fully saturated rings. The van der Waals surface area contributed by atoms with E-state index in [4.69, 9.17) is 0 Å². The number of alkyl halides is 4. The summed E-state index contributed by atoms with van der Waals surface area (Å²) < 4.78 is 67.9. The molecule has 11 heteroatoms. The molecular weight excluding hydrogens is 392 g/mol. The molecule has 1 N–H and O–H groups in total. The molecular formula is C17H9F5N5Na. The first-order valence-corrected chi connectivity index (χ1v) is 7.50. The van der Waals surface area contributed by atoms with Crippen molar-refractivity contribution in [2.45, 2.75) is 25.7 Å². The smallest absolute Gasteiger partial charge is 0.654 e. The second kappa shape index (κ2) is 8.31. The fourth-order valence-corrected chi connectivity index (χ4v) is 2.98. The van der Waals surface area contributed by atoms with Crippen molar-refractivity contribution in [3.63, 3.8) is 0 Å². The van der Waals surface area contributed by atoms with Gasteiger partial charge < -0.3 is 5.32 Å². The Morgan fingerprint density at radius 2 is 1.61 bits per heavy atom. The van der Waals surface area contributed by atoms with Gasteiger partial charge in [-0.3, -0.25) is 5.10 Å². The summed E-state index contributed by atoms with van der Waals surface area (Å²) in [5.41, 5.74) is -3.50. The van der Waals surface area contributed by atoms with Crippen LogP contribution in [0.5, 0.6) is 0 Å². The van der Waals surface area contributed by atoms with Gasteiger partial charge >= 0.3 is 29.6 Å². The number of aromatic amines is 1. The molecule has 1 aliphatic rings. The third-order valence-corrected chi connectivity index (χ3v) is 4.20. The molecule has 0 aliphatic carbocycles. The maximum atomic E-state index is 14.7. The minimum absolute atomic E-state index is 0. The molecule has 0 spiro atoms. The van der Waals surface area contributed by atoms with Gasteiger partial charge in [-0.1, -0.05) is 11.4 Å². The number of aryl methyl sites for hydroxylation is 1. The van der Waals surface area contributed by atoms with E-state index in [0.29, 0.717) is 11.1 Å². The topological polar surface area (TPSA) is 90.4 Å². The molecule has 3 rings (SSSR count). The Balaban J connectivity index is 0.00000280. The molecule has 2 aromatic rings. The summed E-state index contributed by atoms with van der Waals surface area (Å²) in [4.78, 5) is 0. The normalized spacial score (nSPS) is 14.9. The Morgan fingerprint density at radius 3 is 2.07 bits per heavy atom. The van der Waals surface area contributed by atoms with Crippen LogP contribution in [0, 0.1) is 35.4 Å². The van der Waals surface area contributed by atoms with Crippen molar-refractivity contribution in [3.05, 3.63) is 57.1 Å². The second-order valence-corrected chi connectivity index (χ2v) is 5.71. The van der Waals surface area contributed by atoms with Gasteiger partial charge in [-0.05, 0) is 13.0 Å². The number of allylic oxidation sites excluding steroid dienone is 4. The zero-order valence-corrected chi connectivity index (χ0v) is 16.6. The molecule has 5 nitrogen and oxygen atoms in total. The average Bonchev–Trinajstić information content (AvgIpc) is 2.98. The third kappa shape index (κ3) is 3.51. The first-order chi connectivity index (χ1) is 12.8. The molecule has 0 atom stereocenters. The quantitative estimate of drug-likeness (QED) is 0.625. The Kier molecular flexibility index (Phi) is 6.50. The van der Waals surface area contributed by atoms with E-state index in [-0.39, 0.29) is 40.6 Å². The molecule has 0 bridgehead atoms. The van der Waals surface area contributed by atoms with E-state index in [9.17, 15) is 32.5 Å². The van der Waals surface area contributed by atoms with Gasteiger partial charge in [-0.25, -0.2) is 22.0 Å². The number of benzene rings is 1. The van der Waals surface area contributed by atoms with Crippen molar-refractivity contribution in [2.75, 3.05) is 0 Å². The van der Waals surface area contributed by atoms with Crippen LogP contribution in [-0.2, 0) is 0 Å². The van der Waals surface area contributed by atoms with Crippen LogP contribution in [-0.4, -0.2) is 23.0 Å². The summed E-state index contributed by atoms with van der Waals surface area (Å²) in [6.45, 7) is 1.62. The van der Waals surface area contributed by atoms with Crippen LogP contribution in [0.4, 0.5) is 22.0 Å². The monoisotopic (exact) mass is 401 g/mol. The molecule has 138 valence electrons. The zero-order chi connectivity index (χ0) is 19.9. The van der Waals surface area contributed by atoms with Crippen LogP contribution in [0.1, 0.15) is 17.2 Å². The van der Waals surface area contributed by atoms with Crippen LogP contribution in [0.3, 0.4) is 0 Å². The Morgan fingerprint density at radius 1 is 1.07 bits per heavy atom. The van der Waals surface area contributed by atoms with E-state index in [1.807, 2.05) is 0 Å². The average molecular weight is 401 g/mol. The van der Waals surface area contributed by atoms with Gasteiger partial charge in [0.1, 0.15) is 5.82 Å². The number of hydrogen-bond donors (Lipinski definition) is 1. The summed E-state index contributed by atoms with van der Waals surface area (Å²) in [5, 5.41) is 28.7. The first kappa shape index (κ1) is 21.9. The van der Waals surface area contributed by atoms with Crippen molar-refractivity contribution < 1.29 is 51.5 Å². The number of aromatic nitrogens is 2. The first-order valence-electron chi connectivity index (χ1n) is 7.50. The van der Waals surface area contributed by atoms with Crippen molar-refractivity contribution in [1.82, 2.24) is 10.2 Å². The van der Waals surface area contributed by atoms with Crippen LogP contribution < -0.4 is 29.6 Å². The minimum atomic E-state index is -3.35. The van der Waals surface area contributed by atoms with E-state index >= 15 is 0 Å². The van der Waals surface area contributed by atoms with E-state index in [1.165, 1.54) is 18.2 Å². The number of hydrogen-bond acceptors (Lipinski definition) is 3. The van der Waals surface area contributed by atoms with Gasteiger partial charge in [0, 0.05) is 33.9 Å². The Labute approximate surface area is 177 Å². The summed E-state index contributed by atoms with van der Waals surface area (Å²) in [5.74, 6) is -2.69. The van der Waals surface area contributed by atoms with Crippen molar-refractivity contribution in [3.8, 4) is 12.1 Å². The van der Waals surface area contributed by atoms with Crippen molar-refractivity contribution >= 4 is 10.9 Å². The molecule has 0 amide bonds. The van der Waals surface area contributed by atoms with Gasteiger partial charge in [0.15, 0.2) is 0 Å². The zero-order valence-electron chi connectivity index (χ0n) is 14.6. The van der Waals surface area contributed by atoms with E-state index in [1.54, 1.807) is 6.92 Å². The molecule has 1 aromatic carbocycles. The standard InChI is InChI=1S/C17H9F5N5.Na/c1-6-7-2-8(11(18)3-12(7)27-26-6)13-9(4-23)14(16(19)20)25-15(17(21)22)10(13)5-24;/h2-3,13,16-17H,1H3,(H,26,27);/q-1;+1. The second-order valence-electron chi connectivity index (χ2n) is 5.71. The fraction of sp³-hybridized carbons (Fsp3) is 0.235. The summed E-state index contributed by atoms with van der Waals surface area (Å²) in [6, 6.07) is 5.14. The number of rotatable bonds is 3. The third-order valence-electron chi connectivity index (χ3n) is 4.20. The predicted octanol–water partition coefficient (Wildman–Crippen LogP) is 1.57. The van der Waals surface area contributed by atoms with E-state index < -0.39 is 47.1 Å². The predicted molar refractivity (Wildman–Crippen MR) is 84.2 cm³/mol. The number of H-pyrrole nitrogens is 1. The molecule has 2 heterocycles. The molecule has 0 saturated carbocycles. The van der Waals surface area contributed by atoms with Crippen LogP contribution in [0.2, 0.25) is 0 Å². The van der Waals surface area contributed by atoms with E-state index in [2.05, 4.69) is 15.5 Å². The number of nitriles is 2. The summed E-state index contributed by atoms with van der Waals surface area (Å²) in [7, 11) is 0. The van der Waals surface area contributed by atoms with E-state index in [0.717, 1.165) is 6.07 Å². The molecule has 28 heavy (non-hydrogen) atoms. The van der Waals surface area contributed by atoms with Crippen LogP contribution >= 0.6 is 0 Å². The Hall–Kier alpha value is -2.40. The maximum absolute atomic E-state index is 14.7. The number of halogens is 5. The molecule has 1 aromatic heterocycles. The van der Waals surface area contributed by atoms with Crippen LogP contribution in [0.15, 0.2) is 34.7 Å². The van der Waals surface area contributed by atoms with Crippen molar-refractivity contribution in [1.29, 1.82) is 10.5 Å². The maximum Gasteiger partial charge on any atom is 1.00 e. The van der Waals surface area contributed by atoms with Crippen molar-refractivity contribution in [2.24, 2.45) is 0 Å². The Bertz CT molecular complexity index is 1030. The molecule has 0 radical (unpaired) electrons. The SMILES string of the molecule is Cc1[nH]nc2cc(F)c(C3C(C#N)=C(C(F)F)[N-]C(C(F)F)=C3C#N)cc12.[Na+]. The minimum Gasteiger partial charge on any atom is -0.654 e. The molecule has 1 aliphatic heterocycles. The molecule has 0 saturated heterocycles. The summed E-state index contributed by atoms with van der Waals surface area (Å²) >= 11 is 0. The van der Waals surface area contributed by atoms with Gasteiger partial charge in [0.05, 0.1) is 23.6 Å². The van der Waals surface area contributed by atoms with Gasteiger partial charge in [0.2, 0.25) is 12.9 Å². The summed E-state index contributed by atoms with van der Waals surface area (Å²) in [6.07, 6.45) is -6.70. The van der Waals surface area contributed by atoms with Gasteiger partial charge in [0.25, 0.3) is 0 Å². The number of nitrogens with one attached hydrogen (secondary N) is 1. The fourth-order valence-electron chi connectivity index (χ4n) is 2.98.